The van der Waals surface area contributed by atoms with Crippen molar-refractivity contribution < 1.29 is 0 Å². The van der Waals surface area contributed by atoms with Gasteiger partial charge in [-0.05, 0) is 43.5 Å². The van der Waals surface area contributed by atoms with Crippen molar-refractivity contribution in [3.8, 4) is 0 Å². The summed E-state index contributed by atoms with van der Waals surface area (Å²) in [6.45, 7) is 4.26. The number of nitrogens with one attached hydrogen (secondary N) is 1. The summed E-state index contributed by atoms with van der Waals surface area (Å²) in [6.07, 6.45) is 5.02. The molecule has 1 N–H and O–H groups in total. The van der Waals surface area contributed by atoms with Gasteiger partial charge in [0.1, 0.15) is 0 Å². The lowest BCUT2D eigenvalue weighted by Gasteiger charge is -2.36. The van der Waals surface area contributed by atoms with E-state index in [1.807, 2.05) is 30.8 Å². The van der Waals surface area contributed by atoms with Crippen molar-refractivity contribution >= 4 is 17.0 Å². The first-order valence-electron chi connectivity index (χ1n) is 6.71. The molecule has 2 aromatic heterocycles. The van der Waals surface area contributed by atoms with E-state index in [9.17, 15) is 0 Å². The topological polar surface area (TPSA) is 28.2 Å². The molecule has 0 aliphatic carbocycles. The van der Waals surface area contributed by atoms with Gasteiger partial charge in [0.25, 0.3) is 0 Å². The predicted molar refractivity (Wildman–Crippen MR) is 80.8 cm³/mol. The highest BCUT2D eigenvalue weighted by Gasteiger charge is 2.26. The van der Waals surface area contributed by atoms with Gasteiger partial charge in [-0.15, -0.1) is 11.3 Å². The molecule has 0 amide bonds. The summed E-state index contributed by atoms with van der Waals surface area (Å²) in [7, 11) is 1.98. The molecule has 0 saturated carbocycles. The van der Waals surface area contributed by atoms with Crippen LogP contribution < -0.4 is 10.2 Å². The predicted octanol–water partition coefficient (Wildman–Crippen LogP) is 2.99. The van der Waals surface area contributed by atoms with Crippen LogP contribution in [0.2, 0.25) is 0 Å². The molecular weight excluding hydrogens is 254 g/mol. The Labute approximate surface area is 118 Å². The summed E-state index contributed by atoms with van der Waals surface area (Å²) in [4.78, 5) is 8.31. The number of hydrogen-bond acceptors (Lipinski definition) is 4. The number of pyridine rings is 1. The highest BCUT2D eigenvalue weighted by atomic mass is 32.1. The average molecular weight is 273 g/mol. The smallest absolute Gasteiger partial charge is 0.0525 e. The SMILES string of the molecule is CNCc1cnccc1N1CCc2sccc2C1C. The van der Waals surface area contributed by atoms with E-state index in [1.165, 1.54) is 16.8 Å². The van der Waals surface area contributed by atoms with Gasteiger partial charge in [-0.3, -0.25) is 4.98 Å². The van der Waals surface area contributed by atoms with Crippen LogP contribution in [0, 0.1) is 0 Å². The second kappa shape index (κ2) is 5.31. The third kappa shape index (κ3) is 2.26. The minimum atomic E-state index is 0.452. The Hall–Kier alpha value is -1.39. The van der Waals surface area contributed by atoms with Crippen LogP contribution in [0.25, 0.3) is 0 Å². The highest BCUT2D eigenvalue weighted by molar-refractivity contribution is 7.10. The second-order valence-electron chi connectivity index (χ2n) is 4.95. The summed E-state index contributed by atoms with van der Waals surface area (Å²) < 4.78 is 0. The van der Waals surface area contributed by atoms with E-state index in [1.54, 1.807) is 4.88 Å². The van der Waals surface area contributed by atoms with Crippen LogP contribution in [0.5, 0.6) is 0 Å². The monoisotopic (exact) mass is 273 g/mol. The lowest BCUT2D eigenvalue weighted by Crippen LogP contribution is -2.34. The largest absolute Gasteiger partial charge is 0.364 e. The van der Waals surface area contributed by atoms with Crippen LogP contribution in [-0.4, -0.2) is 18.6 Å². The molecular formula is C15H19N3S. The maximum absolute atomic E-state index is 4.25. The van der Waals surface area contributed by atoms with Crippen molar-refractivity contribution in [2.24, 2.45) is 0 Å². The van der Waals surface area contributed by atoms with E-state index in [-0.39, 0.29) is 0 Å². The number of fused-ring (bicyclic) bond motifs is 1. The highest BCUT2D eigenvalue weighted by Crippen LogP contribution is 2.36. The number of thiophene rings is 1. The molecule has 3 heterocycles. The molecule has 0 spiro atoms. The summed E-state index contributed by atoms with van der Waals surface area (Å²) >= 11 is 1.89. The lowest BCUT2D eigenvalue weighted by atomic mass is 10.00. The van der Waals surface area contributed by atoms with Gasteiger partial charge in [-0.1, -0.05) is 0 Å². The van der Waals surface area contributed by atoms with E-state index in [2.05, 4.69) is 39.6 Å². The Kier molecular flexibility index (Phi) is 3.53. The zero-order valence-electron chi connectivity index (χ0n) is 11.4. The summed E-state index contributed by atoms with van der Waals surface area (Å²) in [5.74, 6) is 0. The van der Waals surface area contributed by atoms with E-state index >= 15 is 0 Å². The minimum Gasteiger partial charge on any atom is -0.364 e. The van der Waals surface area contributed by atoms with Crippen LogP contribution in [-0.2, 0) is 13.0 Å². The Morgan fingerprint density at radius 3 is 3.21 bits per heavy atom. The number of aromatic nitrogens is 1. The third-order valence-electron chi connectivity index (χ3n) is 3.83. The number of rotatable bonds is 3. The fraction of sp³-hybridized carbons (Fsp3) is 0.400. The maximum Gasteiger partial charge on any atom is 0.0525 e. The summed E-state index contributed by atoms with van der Waals surface area (Å²) in [6, 6.07) is 4.86. The number of nitrogens with zero attached hydrogens (tertiary/aromatic N) is 2. The van der Waals surface area contributed by atoms with E-state index in [0.29, 0.717) is 6.04 Å². The molecule has 0 saturated heterocycles. The van der Waals surface area contributed by atoms with Gasteiger partial charge in [0.2, 0.25) is 0 Å². The van der Waals surface area contributed by atoms with E-state index < -0.39 is 0 Å². The quantitative estimate of drug-likeness (QED) is 0.932. The molecule has 1 aliphatic heterocycles. The van der Waals surface area contributed by atoms with Gasteiger partial charge in [0, 0.05) is 41.6 Å². The summed E-state index contributed by atoms with van der Waals surface area (Å²) in [5, 5.41) is 5.44. The first-order valence-corrected chi connectivity index (χ1v) is 7.59. The number of hydrogen-bond donors (Lipinski definition) is 1. The number of anilines is 1. The molecule has 1 atom stereocenters. The second-order valence-corrected chi connectivity index (χ2v) is 5.95. The standard InChI is InChI=1S/C15H19N3S/c1-11-13-5-8-19-15(13)4-7-18(11)14-3-6-17-10-12(14)9-16-2/h3,5-6,8,10-11,16H,4,7,9H2,1-2H3. The van der Waals surface area contributed by atoms with Gasteiger partial charge >= 0.3 is 0 Å². The van der Waals surface area contributed by atoms with Crippen molar-refractivity contribution in [3.63, 3.8) is 0 Å². The zero-order valence-corrected chi connectivity index (χ0v) is 12.2. The fourth-order valence-corrected chi connectivity index (χ4v) is 3.83. The third-order valence-corrected chi connectivity index (χ3v) is 4.83. The molecule has 19 heavy (non-hydrogen) atoms. The molecule has 0 aromatic carbocycles. The van der Waals surface area contributed by atoms with Gasteiger partial charge in [0.05, 0.1) is 6.04 Å². The first kappa shape index (κ1) is 12.6. The van der Waals surface area contributed by atoms with Crippen LogP contribution in [0.4, 0.5) is 5.69 Å². The molecule has 4 heteroatoms. The van der Waals surface area contributed by atoms with Crippen LogP contribution in [0.1, 0.15) is 29.0 Å². The van der Waals surface area contributed by atoms with Gasteiger partial charge < -0.3 is 10.2 Å². The molecule has 0 radical (unpaired) electrons. The molecule has 100 valence electrons. The molecule has 0 bridgehead atoms. The van der Waals surface area contributed by atoms with Crippen LogP contribution in [0.15, 0.2) is 29.9 Å². The van der Waals surface area contributed by atoms with Crippen LogP contribution >= 0.6 is 11.3 Å². The van der Waals surface area contributed by atoms with E-state index in [4.69, 9.17) is 0 Å². The Morgan fingerprint density at radius 1 is 1.47 bits per heavy atom. The van der Waals surface area contributed by atoms with Crippen molar-refractivity contribution in [2.45, 2.75) is 25.9 Å². The summed E-state index contributed by atoms with van der Waals surface area (Å²) in [5.41, 5.74) is 4.08. The molecule has 3 rings (SSSR count). The Balaban J connectivity index is 1.95. The molecule has 0 fully saturated rings. The Bertz CT molecular complexity index is 564. The molecule has 1 aliphatic rings. The Morgan fingerprint density at radius 2 is 2.37 bits per heavy atom. The zero-order chi connectivity index (χ0) is 13.2. The van der Waals surface area contributed by atoms with Gasteiger partial charge in [0.15, 0.2) is 0 Å². The minimum absolute atomic E-state index is 0.452. The van der Waals surface area contributed by atoms with Crippen molar-refractivity contribution in [3.05, 3.63) is 45.9 Å². The normalized spacial score (nSPS) is 18.4. The maximum atomic E-state index is 4.25. The van der Waals surface area contributed by atoms with Crippen molar-refractivity contribution in [2.75, 3.05) is 18.5 Å². The van der Waals surface area contributed by atoms with Crippen LogP contribution in [0.3, 0.4) is 0 Å². The van der Waals surface area contributed by atoms with Gasteiger partial charge in [-0.2, -0.15) is 0 Å². The molecule has 2 aromatic rings. The molecule has 1 unspecified atom stereocenters. The lowest BCUT2D eigenvalue weighted by molar-refractivity contribution is 0.627. The fourth-order valence-electron chi connectivity index (χ4n) is 2.87. The molecule has 3 nitrogen and oxygen atoms in total. The van der Waals surface area contributed by atoms with E-state index in [0.717, 1.165) is 19.5 Å². The van der Waals surface area contributed by atoms with Crippen molar-refractivity contribution in [1.29, 1.82) is 0 Å². The first-order chi connectivity index (χ1) is 9.31. The average Bonchev–Trinajstić information content (AvgIpc) is 2.90. The van der Waals surface area contributed by atoms with Gasteiger partial charge in [-0.25, -0.2) is 0 Å². The van der Waals surface area contributed by atoms with Crippen molar-refractivity contribution in [1.82, 2.24) is 10.3 Å².